The Morgan fingerprint density at radius 1 is 0.565 bits per heavy atom. The van der Waals surface area contributed by atoms with Gasteiger partial charge in [0, 0.05) is 5.41 Å². The zero-order chi connectivity index (χ0) is 32.5. The Morgan fingerprint density at radius 3 is 1.54 bits per heavy atom. The SMILES string of the molecule is CCCCCCCCCCCCCCC[n+]1cc[nH]c1C(CCCCCCCCCC)C(C)(Cc1ccccc1)c1ccccc1. The fraction of sp³-hybridized carbons (Fsp3) is 0.659. The van der Waals surface area contributed by atoms with Crippen LogP contribution in [0.1, 0.15) is 185 Å². The molecule has 46 heavy (non-hydrogen) atoms. The molecule has 2 nitrogen and oxygen atoms in total. The molecule has 2 unspecified atom stereocenters. The van der Waals surface area contributed by atoms with Crippen LogP contribution in [0.5, 0.6) is 0 Å². The van der Waals surface area contributed by atoms with E-state index in [-0.39, 0.29) is 5.41 Å². The van der Waals surface area contributed by atoms with Gasteiger partial charge < -0.3 is 0 Å². The van der Waals surface area contributed by atoms with Gasteiger partial charge in [-0.2, -0.15) is 0 Å². The third-order valence-corrected chi connectivity index (χ3v) is 10.6. The van der Waals surface area contributed by atoms with Crippen LogP contribution in [0.3, 0.4) is 0 Å². The number of H-pyrrole nitrogens is 1. The first kappa shape index (κ1) is 38.1. The predicted octanol–water partition coefficient (Wildman–Crippen LogP) is 13.2. The van der Waals surface area contributed by atoms with E-state index in [0.717, 1.165) is 13.0 Å². The molecule has 0 saturated heterocycles. The number of nitrogens with zero attached hydrogens (tertiary/aromatic N) is 1. The van der Waals surface area contributed by atoms with Gasteiger partial charge in [-0.3, -0.25) is 0 Å². The van der Waals surface area contributed by atoms with E-state index in [4.69, 9.17) is 0 Å². The van der Waals surface area contributed by atoms with Crippen molar-refractivity contribution in [2.45, 2.75) is 186 Å². The van der Waals surface area contributed by atoms with Gasteiger partial charge in [-0.15, -0.1) is 0 Å². The molecular weight excluding hydrogens is 556 g/mol. The molecule has 3 rings (SSSR count). The van der Waals surface area contributed by atoms with Crippen LogP contribution in [0.4, 0.5) is 0 Å². The zero-order valence-corrected chi connectivity index (χ0v) is 30.4. The van der Waals surface area contributed by atoms with Gasteiger partial charge in [0.2, 0.25) is 0 Å². The van der Waals surface area contributed by atoms with E-state index in [1.807, 2.05) is 0 Å². The topological polar surface area (TPSA) is 19.7 Å². The largest absolute Gasteiger partial charge is 0.258 e. The van der Waals surface area contributed by atoms with Gasteiger partial charge in [-0.05, 0) is 36.8 Å². The Morgan fingerprint density at radius 2 is 1.02 bits per heavy atom. The zero-order valence-electron chi connectivity index (χ0n) is 30.4. The van der Waals surface area contributed by atoms with Crippen LogP contribution in [0.15, 0.2) is 73.1 Å². The van der Waals surface area contributed by atoms with Crippen molar-refractivity contribution in [3.8, 4) is 0 Å². The van der Waals surface area contributed by atoms with Gasteiger partial charge in [0.1, 0.15) is 12.4 Å². The van der Waals surface area contributed by atoms with Gasteiger partial charge in [-0.25, -0.2) is 9.55 Å². The van der Waals surface area contributed by atoms with E-state index in [1.165, 1.54) is 158 Å². The average molecular weight is 628 g/mol. The molecule has 0 amide bonds. The summed E-state index contributed by atoms with van der Waals surface area (Å²) >= 11 is 0. The number of benzene rings is 2. The van der Waals surface area contributed by atoms with Gasteiger partial charge in [0.25, 0.3) is 5.82 Å². The monoisotopic (exact) mass is 628 g/mol. The molecule has 2 atom stereocenters. The molecule has 0 spiro atoms. The molecule has 1 heterocycles. The molecule has 0 aliphatic rings. The molecule has 1 N–H and O–H groups in total. The van der Waals surface area contributed by atoms with Gasteiger partial charge in [-0.1, -0.05) is 203 Å². The normalized spacial score (nSPS) is 13.5. The number of imidazole rings is 1. The molecule has 0 aliphatic heterocycles. The molecule has 0 saturated carbocycles. The Labute approximate surface area is 285 Å². The Bertz CT molecular complexity index is 1100. The summed E-state index contributed by atoms with van der Waals surface area (Å²) in [5.41, 5.74) is 2.90. The van der Waals surface area contributed by atoms with Crippen LogP contribution in [0.25, 0.3) is 0 Å². The lowest BCUT2D eigenvalue weighted by Crippen LogP contribution is -2.43. The first-order valence-corrected chi connectivity index (χ1v) is 19.8. The van der Waals surface area contributed by atoms with Crippen LogP contribution in [-0.4, -0.2) is 4.98 Å². The molecular formula is C44H71N2+. The highest BCUT2D eigenvalue weighted by molar-refractivity contribution is 5.32. The highest BCUT2D eigenvalue weighted by Crippen LogP contribution is 2.43. The van der Waals surface area contributed by atoms with Crippen LogP contribution in [0, 0.1) is 0 Å². The molecule has 3 aromatic rings. The summed E-state index contributed by atoms with van der Waals surface area (Å²) < 4.78 is 2.58. The molecule has 2 heteroatoms. The first-order valence-electron chi connectivity index (χ1n) is 19.8. The Kier molecular flexibility index (Phi) is 19.8. The lowest BCUT2D eigenvalue weighted by Gasteiger charge is -2.37. The lowest BCUT2D eigenvalue weighted by molar-refractivity contribution is -0.705. The third kappa shape index (κ3) is 14.2. The minimum atomic E-state index is 0.00629. The van der Waals surface area contributed by atoms with E-state index >= 15 is 0 Å². The fourth-order valence-corrected chi connectivity index (χ4v) is 7.68. The number of hydrogen-bond acceptors (Lipinski definition) is 0. The number of hydrogen-bond donors (Lipinski definition) is 1. The van der Waals surface area contributed by atoms with Crippen molar-refractivity contribution in [3.05, 3.63) is 90.0 Å². The van der Waals surface area contributed by atoms with E-state index in [2.05, 4.69) is 103 Å². The van der Waals surface area contributed by atoms with Crippen molar-refractivity contribution >= 4 is 0 Å². The van der Waals surface area contributed by atoms with Crippen LogP contribution in [-0.2, 0) is 18.4 Å². The van der Waals surface area contributed by atoms with E-state index in [9.17, 15) is 0 Å². The van der Waals surface area contributed by atoms with E-state index < -0.39 is 0 Å². The number of aryl methyl sites for hydroxylation is 1. The Hall–Kier alpha value is -2.35. The summed E-state index contributed by atoms with van der Waals surface area (Å²) in [6, 6.07) is 22.6. The molecule has 0 radical (unpaired) electrons. The van der Waals surface area contributed by atoms with Crippen LogP contribution in [0.2, 0.25) is 0 Å². The predicted molar refractivity (Wildman–Crippen MR) is 201 cm³/mol. The second-order valence-corrected chi connectivity index (χ2v) is 14.5. The summed E-state index contributed by atoms with van der Waals surface area (Å²) in [6.45, 7) is 8.28. The summed E-state index contributed by atoms with van der Waals surface area (Å²) in [6.07, 6.45) is 36.0. The van der Waals surface area contributed by atoms with E-state index in [1.54, 1.807) is 0 Å². The number of rotatable bonds is 28. The third-order valence-electron chi connectivity index (χ3n) is 10.6. The number of unbranched alkanes of at least 4 members (excludes halogenated alkanes) is 19. The number of nitrogens with one attached hydrogen (secondary N) is 1. The Balaban J connectivity index is 1.60. The molecule has 0 aliphatic carbocycles. The minimum absolute atomic E-state index is 0.00629. The van der Waals surface area contributed by atoms with Crippen molar-refractivity contribution in [2.24, 2.45) is 0 Å². The van der Waals surface area contributed by atoms with Gasteiger partial charge in [0.15, 0.2) is 0 Å². The highest BCUT2D eigenvalue weighted by atomic mass is 15.1. The molecule has 2 aromatic carbocycles. The molecule has 0 fully saturated rings. The van der Waals surface area contributed by atoms with E-state index in [0.29, 0.717) is 5.92 Å². The number of aromatic nitrogens is 2. The van der Waals surface area contributed by atoms with Crippen molar-refractivity contribution in [1.29, 1.82) is 0 Å². The number of aromatic amines is 1. The van der Waals surface area contributed by atoms with Crippen LogP contribution < -0.4 is 4.57 Å². The molecule has 1 aromatic heterocycles. The van der Waals surface area contributed by atoms with Crippen molar-refractivity contribution in [1.82, 2.24) is 4.98 Å². The standard InChI is InChI=1S/C44H70N2/c1-4-6-8-10-12-14-15-16-17-18-20-22-30-37-46-38-36-45-43(46)42(35-29-21-19-13-11-9-7-5-2)44(3,41-33-27-24-28-34-41)39-40-31-25-23-26-32-40/h23-28,31-34,36,38,42H,4-22,29-30,35,37,39H2,1-3H3/p+1. The minimum Gasteiger partial charge on any atom is -0.247 e. The second kappa shape index (κ2) is 23.9. The highest BCUT2D eigenvalue weighted by Gasteiger charge is 2.41. The van der Waals surface area contributed by atoms with Crippen molar-refractivity contribution in [2.75, 3.05) is 0 Å². The summed E-state index contributed by atoms with van der Waals surface area (Å²) in [7, 11) is 0. The lowest BCUT2D eigenvalue weighted by atomic mass is 9.66. The second-order valence-electron chi connectivity index (χ2n) is 14.5. The van der Waals surface area contributed by atoms with Crippen molar-refractivity contribution in [3.63, 3.8) is 0 Å². The first-order chi connectivity index (χ1) is 22.7. The molecule has 256 valence electrons. The average Bonchev–Trinajstić information content (AvgIpc) is 3.54. The maximum atomic E-state index is 3.80. The smallest absolute Gasteiger partial charge is 0.247 e. The maximum Gasteiger partial charge on any atom is 0.258 e. The molecule has 0 bridgehead atoms. The summed E-state index contributed by atoms with van der Waals surface area (Å²) in [5.74, 6) is 1.87. The summed E-state index contributed by atoms with van der Waals surface area (Å²) in [5, 5.41) is 0. The quantitative estimate of drug-likeness (QED) is 0.0610. The van der Waals surface area contributed by atoms with Gasteiger partial charge in [0.05, 0.1) is 12.5 Å². The maximum absolute atomic E-state index is 3.80. The van der Waals surface area contributed by atoms with Crippen LogP contribution >= 0.6 is 0 Å². The fourth-order valence-electron chi connectivity index (χ4n) is 7.68. The van der Waals surface area contributed by atoms with Gasteiger partial charge >= 0.3 is 0 Å². The van der Waals surface area contributed by atoms with Crippen molar-refractivity contribution < 1.29 is 4.57 Å². The summed E-state index contributed by atoms with van der Waals surface area (Å²) in [4.78, 5) is 3.80.